The molecular weight excluding hydrogens is 418 g/mol. The van der Waals surface area contributed by atoms with Gasteiger partial charge in [-0.25, -0.2) is 8.42 Å². The molecule has 0 aliphatic carbocycles. The Balaban J connectivity index is 2.85. The average Bonchev–Trinajstić information content (AvgIpc) is 2.60. The largest absolute Gasteiger partial charge is 0.507 e. The molecule has 2 aromatic carbocycles. The third-order valence-corrected chi connectivity index (χ3v) is 7.07. The van der Waals surface area contributed by atoms with Crippen LogP contribution in [0.1, 0.15) is 65.2 Å². The second-order valence-electron chi connectivity index (χ2n) is 9.44. The van der Waals surface area contributed by atoms with Crippen molar-refractivity contribution in [1.82, 2.24) is 0 Å². The summed E-state index contributed by atoms with van der Waals surface area (Å²) in [6.07, 6.45) is 0. The summed E-state index contributed by atoms with van der Waals surface area (Å²) in [5, 5.41) is 21.1. The molecule has 0 fully saturated rings. The number of nitriles is 1. The van der Waals surface area contributed by atoms with E-state index >= 15 is 0 Å². The third kappa shape index (κ3) is 4.71. The van der Waals surface area contributed by atoms with Gasteiger partial charge < -0.3 is 5.11 Å². The lowest BCUT2D eigenvalue weighted by molar-refractivity contribution is 0.423. The monoisotopic (exact) mass is 445 g/mol. The number of phenolic OH excluding ortho intramolecular Hbond substituents is 1. The van der Waals surface area contributed by atoms with Crippen LogP contribution in [0.4, 0.5) is 0 Å². The van der Waals surface area contributed by atoms with Crippen molar-refractivity contribution in [1.29, 1.82) is 5.26 Å². The molecule has 2 rings (SSSR count). The maximum atomic E-state index is 13.1. The van der Waals surface area contributed by atoms with Gasteiger partial charge in [-0.3, -0.25) is 0 Å². The molecule has 0 atom stereocenters. The molecule has 1 N–H and O–H groups in total. The average molecular weight is 446 g/mol. The fourth-order valence-corrected chi connectivity index (χ4v) is 4.70. The first-order valence-electron chi connectivity index (χ1n) is 9.60. The molecule has 30 heavy (non-hydrogen) atoms. The van der Waals surface area contributed by atoms with E-state index in [2.05, 4.69) is 0 Å². The van der Waals surface area contributed by atoms with Crippen molar-refractivity contribution in [2.24, 2.45) is 0 Å². The zero-order valence-corrected chi connectivity index (χ0v) is 20.0. The number of hydrogen-bond acceptors (Lipinski definition) is 4. The van der Waals surface area contributed by atoms with Crippen molar-refractivity contribution in [3.8, 4) is 11.8 Å². The Morgan fingerprint density at radius 1 is 0.967 bits per heavy atom. The van der Waals surface area contributed by atoms with Crippen LogP contribution in [0.5, 0.6) is 5.75 Å². The molecular formula is C24H28ClNO3S. The first kappa shape index (κ1) is 24.0. The Labute approximate surface area is 184 Å². The van der Waals surface area contributed by atoms with Crippen LogP contribution in [0.15, 0.2) is 46.2 Å². The van der Waals surface area contributed by atoms with Crippen molar-refractivity contribution < 1.29 is 13.5 Å². The Morgan fingerprint density at radius 3 is 1.77 bits per heavy atom. The fourth-order valence-electron chi connectivity index (χ4n) is 3.20. The van der Waals surface area contributed by atoms with Gasteiger partial charge in [0, 0.05) is 16.1 Å². The van der Waals surface area contributed by atoms with Gasteiger partial charge in [-0.05, 0) is 65.3 Å². The van der Waals surface area contributed by atoms with Gasteiger partial charge in [0.05, 0.1) is 4.90 Å². The van der Waals surface area contributed by atoms with Crippen LogP contribution in [-0.2, 0) is 20.7 Å². The van der Waals surface area contributed by atoms with Gasteiger partial charge in [0.1, 0.15) is 11.8 Å². The number of aromatic hydroxyl groups is 1. The second kappa shape index (κ2) is 8.09. The van der Waals surface area contributed by atoms with Crippen molar-refractivity contribution in [3.63, 3.8) is 0 Å². The number of phenols is 1. The minimum absolute atomic E-state index is 0.00803. The molecule has 0 spiro atoms. The Bertz CT molecular complexity index is 1110. The number of allylic oxidation sites excluding steroid dienone is 2. The number of nitrogens with zero attached hydrogens (tertiary/aromatic N) is 1. The van der Waals surface area contributed by atoms with E-state index in [-0.39, 0.29) is 26.4 Å². The maximum absolute atomic E-state index is 13.1. The Kier molecular flexibility index (Phi) is 6.47. The van der Waals surface area contributed by atoms with Crippen LogP contribution in [0, 0.1) is 11.3 Å². The van der Waals surface area contributed by atoms with Crippen LogP contribution in [-0.4, -0.2) is 13.5 Å². The summed E-state index contributed by atoms with van der Waals surface area (Å²) in [5.74, 6) is 0.200. The highest BCUT2D eigenvalue weighted by Crippen LogP contribution is 2.41. The van der Waals surface area contributed by atoms with Crippen LogP contribution in [0.3, 0.4) is 0 Å². The topological polar surface area (TPSA) is 78.2 Å². The predicted molar refractivity (Wildman–Crippen MR) is 122 cm³/mol. The van der Waals surface area contributed by atoms with Gasteiger partial charge >= 0.3 is 0 Å². The van der Waals surface area contributed by atoms with E-state index in [9.17, 15) is 18.8 Å². The molecule has 0 saturated heterocycles. The molecule has 0 bridgehead atoms. The summed E-state index contributed by atoms with van der Waals surface area (Å²) in [7, 11) is -4.02. The fraction of sp³-hybridized carbons (Fsp3) is 0.375. The SMILES string of the molecule is CC(=C(C#N)S(=O)(=O)c1ccc(Cl)cc1)c1cc(C(C)(C)C)c(O)c(C(C)(C)C)c1. The van der Waals surface area contributed by atoms with Crippen molar-refractivity contribution >= 4 is 27.0 Å². The molecule has 4 nitrogen and oxygen atoms in total. The van der Waals surface area contributed by atoms with E-state index in [1.54, 1.807) is 19.1 Å². The lowest BCUT2D eigenvalue weighted by Crippen LogP contribution is -2.18. The summed E-state index contributed by atoms with van der Waals surface area (Å²) >= 11 is 5.87. The first-order chi connectivity index (χ1) is 13.6. The summed E-state index contributed by atoms with van der Waals surface area (Å²) in [6, 6.07) is 11.2. The number of halogens is 1. The summed E-state index contributed by atoms with van der Waals surface area (Å²) in [5.41, 5.74) is 1.58. The van der Waals surface area contributed by atoms with Crippen LogP contribution >= 0.6 is 11.6 Å². The number of hydrogen-bond donors (Lipinski definition) is 1. The summed E-state index contributed by atoms with van der Waals surface area (Å²) in [6.45, 7) is 13.5. The van der Waals surface area contributed by atoms with Crippen LogP contribution < -0.4 is 0 Å². The van der Waals surface area contributed by atoms with Crippen molar-refractivity contribution in [2.45, 2.75) is 64.2 Å². The molecule has 2 aromatic rings. The quantitative estimate of drug-likeness (QED) is 0.556. The molecule has 0 unspecified atom stereocenters. The highest BCUT2D eigenvalue weighted by atomic mass is 35.5. The molecule has 0 aliphatic rings. The zero-order chi connectivity index (χ0) is 23.1. The van der Waals surface area contributed by atoms with Gasteiger partial charge in [0.15, 0.2) is 4.91 Å². The predicted octanol–water partition coefficient (Wildman–Crippen LogP) is 6.37. The molecule has 0 aromatic heterocycles. The molecule has 0 heterocycles. The number of rotatable bonds is 3. The zero-order valence-electron chi connectivity index (χ0n) is 18.5. The molecule has 0 radical (unpaired) electrons. The van der Waals surface area contributed by atoms with E-state index in [4.69, 9.17) is 11.6 Å². The number of benzene rings is 2. The highest BCUT2D eigenvalue weighted by molar-refractivity contribution is 7.95. The van der Waals surface area contributed by atoms with E-state index in [0.29, 0.717) is 27.3 Å². The Morgan fingerprint density at radius 2 is 1.40 bits per heavy atom. The van der Waals surface area contributed by atoms with Crippen LogP contribution in [0.25, 0.3) is 5.57 Å². The van der Waals surface area contributed by atoms with Crippen LogP contribution in [0.2, 0.25) is 5.02 Å². The minimum Gasteiger partial charge on any atom is -0.507 e. The molecule has 6 heteroatoms. The van der Waals surface area contributed by atoms with Gasteiger partial charge in [-0.15, -0.1) is 0 Å². The lowest BCUT2D eigenvalue weighted by Gasteiger charge is -2.28. The van der Waals surface area contributed by atoms with Gasteiger partial charge in [0.2, 0.25) is 9.84 Å². The minimum atomic E-state index is -4.02. The normalized spacial score (nSPS) is 13.6. The smallest absolute Gasteiger partial charge is 0.216 e. The first-order valence-corrected chi connectivity index (χ1v) is 11.5. The highest BCUT2D eigenvalue weighted by Gasteiger charge is 2.29. The van der Waals surface area contributed by atoms with E-state index in [1.807, 2.05) is 47.6 Å². The number of sulfone groups is 1. The molecule has 0 amide bonds. The third-order valence-electron chi connectivity index (χ3n) is 4.99. The molecule has 160 valence electrons. The van der Waals surface area contributed by atoms with Crippen molar-refractivity contribution in [3.05, 3.63) is 63.0 Å². The lowest BCUT2D eigenvalue weighted by atomic mass is 9.78. The molecule has 0 aliphatic heterocycles. The van der Waals surface area contributed by atoms with Crippen molar-refractivity contribution in [2.75, 3.05) is 0 Å². The summed E-state index contributed by atoms with van der Waals surface area (Å²) in [4.78, 5) is -0.316. The van der Waals surface area contributed by atoms with E-state index in [0.717, 1.165) is 0 Å². The molecule has 0 saturated carbocycles. The Hall–Kier alpha value is -2.29. The van der Waals surface area contributed by atoms with Gasteiger partial charge in [-0.1, -0.05) is 53.1 Å². The van der Waals surface area contributed by atoms with E-state index in [1.165, 1.54) is 24.3 Å². The second-order valence-corrected chi connectivity index (χ2v) is 11.8. The van der Waals surface area contributed by atoms with Gasteiger partial charge in [0.25, 0.3) is 0 Å². The van der Waals surface area contributed by atoms with E-state index < -0.39 is 9.84 Å². The van der Waals surface area contributed by atoms with Gasteiger partial charge in [-0.2, -0.15) is 5.26 Å². The summed E-state index contributed by atoms with van der Waals surface area (Å²) < 4.78 is 26.3. The maximum Gasteiger partial charge on any atom is 0.216 e. The standard InChI is InChI=1S/C24H28ClNO3S/c1-15(21(14-26)30(28,29)18-10-8-17(25)9-11-18)16-12-19(23(2,3)4)22(27)20(13-16)24(5,6)7/h8-13,27H,1-7H3.